The molecule has 0 aromatic heterocycles. The smallest absolute Gasteiger partial charge is 0.276 e. The zero-order valence-electron chi connectivity index (χ0n) is 13.5. The predicted octanol–water partition coefficient (Wildman–Crippen LogP) is 2.32. The Morgan fingerprint density at radius 1 is 0.917 bits per heavy atom. The minimum atomic E-state index is -0.453. The van der Waals surface area contributed by atoms with Crippen molar-refractivity contribution < 1.29 is 19.1 Å². The summed E-state index contributed by atoms with van der Waals surface area (Å²) >= 11 is 0. The first kappa shape index (κ1) is 17.3. The van der Waals surface area contributed by atoms with E-state index in [0.29, 0.717) is 23.7 Å². The summed E-state index contributed by atoms with van der Waals surface area (Å²) in [5, 5.41) is 0. The third-order valence-electron chi connectivity index (χ3n) is 3.00. The van der Waals surface area contributed by atoms with Crippen molar-refractivity contribution in [3.05, 3.63) is 60.2 Å². The highest BCUT2D eigenvalue weighted by molar-refractivity contribution is 5.95. The first-order valence-corrected chi connectivity index (χ1v) is 7.69. The van der Waals surface area contributed by atoms with E-state index in [0.717, 1.165) is 6.42 Å². The van der Waals surface area contributed by atoms with Gasteiger partial charge in [-0.25, -0.2) is 0 Å². The van der Waals surface area contributed by atoms with Gasteiger partial charge in [0.1, 0.15) is 11.5 Å². The minimum absolute atomic E-state index is 0.191. The molecule has 0 saturated carbocycles. The molecule has 0 unspecified atom stereocenters. The van der Waals surface area contributed by atoms with E-state index < -0.39 is 11.8 Å². The SMILES string of the molecule is CCCOc1cccc(C(=O)NNC(=O)COc2ccccc2)c1. The largest absolute Gasteiger partial charge is 0.494 e. The Kier molecular flexibility index (Phi) is 6.64. The molecule has 2 aromatic carbocycles. The van der Waals surface area contributed by atoms with Crippen molar-refractivity contribution in [2.75, 3.05) is 13.2 Å². The lowest BCUT2D eigenvalue weighted by Crippen LogP contribution is -2.43. The van der Waals surface area contributed by atoms with Crippen LogP contribution in [0.15, 0.2) is 54.6 Å². The maximum Gasteiger partial charge on any atom is 0.276 e. The summed E-state index contributed by atoms with van der Waals surface area (Å²) in [6, 6.07) is 15.7. The maximum atomic E-state index is 12.0. The van der Waals surface area contributed by atoms with Gasteiger partial charge in [0.2, 0.25) is 0 Å². The lowest BCUT2D eigenvalue weighted by molar-refractivity contribution is -0.123. The van der Waals surface area contributed by atoms with Crippen LogP contribution in [-0.2, 0) is 4.79 Å². The molecule has 0 fully saturated rings. The summed E-state index contributed by atoms with van der Waals surface area (Å²) in [6.07, 6.45) is 0.883. The Balaban J connectivity index is 1.78. The lowest BCUT2D eigenvalue weighted by atomic mass is 10.2. The summed E-state index contributed by atoms with van der Waals surface area (Å²) in [5.74, 6) is 0.318. The van der Waals surface area contributed by atoms with Crippen LogP contribution < -0.4 is 20.3 Å². The summed E-state index contributed by atoms with van der Waals surface area (Å²) in [7, 11) is 0. The molecule has 2 amide bonds. The molecule has 6 heteroatoms. The van der Waals surface area contributed by atoms with E-state index in [1.165, 1.54) is 0 Å². The second-order valence-corrected chi connectivity index (χ2v) is 4.98. The number of nitrogens with one attached hydrogen (secondary N) is 2. The van der Waals surface area contributed by atoms with Crippen LogP contribution in [-0.4, -0.2) is 25.0 Å². The number of hydrogen-bond acceptors (Lipinski definition) is 4. The van der Waals surface area contributed by atoms with Gasteiger partial charge in [-0.3, -0.25) is 20.4 Å². The second-order valence-electron chi connectivity index (χ2n) is 4.98. The van der Waals surface area contributed by atoms with Gasteiger partial charge in [-0.05, 0) is 36.8 Å². The number of carbonyl (C=O) groups excluding carboxylic acids is 2. The molecule has 126 valence electrons. The molecule has 2 aromatic rings. The van der Waals surface area contributed by atoms with Crippen LogP contribution in [0.1, 0.15) is 23.7 Å². The van der Waals surface area contributed by atoms with E-state index in [1.807, 2.05) is 25.1 Å². The Labute approximate surface area is 140 Å². The summed E-state index contributed by atoms with van der Waals surface area (Å²) in [4.78, 5) is 23.7. The van der Waals surface area contributed by atoms with E-state index in [2.05, 4.69) is 10.9 Å². The molecule has 0 aliphatic rings. The standard InChI is InChI=1S/C18H20N2O4/c1-2-11-23-16-10-6-7-14(12-16)18(22)20-19-17(21)13-24-15-8-4-3-5-9-15/h3-10,12H,2,11,13H2,1H3,(H,19,21)(H,20,22). The molecule has 0 atom stereocenters. The highest BCUT2D eigenvalue weighted by Crippen LogP contribution is 2.13. The van der Waals surface area contributed by atoms with E-state index >= 15 is 0 Å². The fraction of sp³-hybridized carbons (Fsp3) is 0.222. The predicted molar refractivity (Wildman–Crippen MR) is 89.8 cm³/mol. The van der Waals surface area contributed by atoms with Gasteiger partial charge >= 0.3 is 0 Å². The van der Waals surface area contributed by atoms with E-state index in [4.69, 9.17) is 9.47 Å². The van der Waals surface area contributed by atoms with Crippen LogP contribution in [0.5, 0.6) is 11.5 Å². The molecule has 0 aliphatic carbocycles. The molecule has 0 saturated heterocycles. The lowest BCUT2D eigenvalue weighted by Gasteiger charge is -2.10. The van der Waals surface area contributed by atoms with Crippen molar-refractivity contribution in [3.8, 4) is 11.5 Å². The Morgan fingerprint density at radius 2 is 1.67 bits per heavy atom. The number of ether oxygens (including phenoxy) is 2. The van der Waals surface area contributed by atoms with Gasteiger partial charge in [-0.2, -0.15) is 0 Å². The highest BCUT2D eigenvalue weighted by atomic mass is 16.5. The molecule has 24 heavy (non-hydrogen) atoms. The molecular formula is C18H20N2O4. The Morgan fingerprint density at radius 3 is 2.42 bits per heavy atom. The van der Waals surface area contributed by atoms with Gasteiger partial charge in [-0.1, -0.05) is 31.2 Å². The number of amides is 2. The Bertz CT molecular complexity index is 674. The fourth-order valence-corrected chi connectivity index (χ4v) is 1.85. The summed E-state index contributed by atoms with van der Waals surface area (Å²) < 4.78 is 10.8. The average Bonchev–Trinajstić information content (AvgIpc) is 2.63. The quantitative estimate of drug-likeness (QED) is 0.765. The highest BCUT2D eigenvalue weighted by Gasteiger charge is 2.09. The van der Waals surface area contributed by atoms with Crippen molar-refractivity contribution in [2.24, 2.45) is 0 Å². The van der Waals surface area contributed by atoms with Gasteiger partial charge in [0, 0.05) is 5.56 Å². The maximum absolute atomic E-state index is 12.0. The van der Waals surface area contributed by atoms with Gasteiger partial charge in [-0.15, -0.1) is 0 Å². The molecule has 2 rings (SSSR count). The van der Waals surface area contributed by atoms with Crippen LogP contribution in [0, 0.1) is 0 Å². The van der Waals surface area contributed by atoms with E-state index in [-0.39, 0.29) is 6.61 Å². The molecule has 0 bridgehead atoms. The van der Waals surface area contributed by atoms with Crippen molar-refractivity contribution >= 4 is 11.8 Å². The fourth-order valence-electron chi connectivity index (χ4n) is 1.85. The van der Waals surface area contributed by atoms with Gasteiger partial charge in [0.15, 0.2) is 6.61 Å². The summed E-state index contributed by atoms with van der Waals surface area (Å²) in [6.45, 7) is 2.40. The third kappa shape index (κ3) is 5.64. The van der Waals surface area contributed by atoms with Crippen molar-refractivity contribution in [1.82, 2.24) is 10.9 Å². The number of carbonyl (C=O) groups is 2. The molecular weight excluding hydrogens is 308 g/mol. The first-order chi connectivity index (χ1) is 11.7. The van der Waals surface area contributed by atoms with Gasteiger partial charge in [0.25, 0.3) is 11.8 Å². The van der Waals surface area contributed by atoms with Crippen molar-refractivity contribution in [1.29, 1.82) is 0 Å². The van der Waals surface area contributed by atoms with Crippen molar-refractivity contribution in [2.45, 2.75) is 13.3 Å². The van der Waals surface area contributed by atoms with E-state index in [9.17, 15) is 9.59 Å². The second kappa shape index (κ2) is 9.19. The van der Waals surface area contributed by atoms with Crippen molar-refractivity contribution in [3.63, 3.8) is 0 Å². The number of hydrazine groups is 1. The van der Waals surface area contributed by atoms with Crippen LogP contribution in [0.4, 0.5) is 0 Å². The third-order valence-corrected chi connectivity index (χ3v) is 3.00. The topological polar surface area (TPSA) is 76.7 Å². The number of hydrogen-bond donors (Lipinski definition) is 2. The van der Waals surface area contributed by atoms with Crippen LogP contribution in [0.25, 0.3) is 0 Å². The summed E-state index contributed by atoms with van der Waals surface area (Å²) in [5.41, 5.74) is 5.05. The number of benzene rings is 2. The molecule has 0 spiro atoms. The van der Waals surface area contributed by atoms with Crippen LogP contribution in [0.3, 0.4) is 0 Å². The monoisotopic (exact) mass is 328 g/mol. The van der Waals surface area contributed by atoms with E-state index in [1.54, 1.807) is 36.4 Å². The molecule has 0 aliphatic heterocycles. The zero-order valence-corrected chi connectivity index (χ0v) is 13.5. The number of para-hydroxylation sites is 1. The molecule has 2 N–H and O–H groups in total. The van der Waals surface area contributed by atoms with Crippen LogP contribution >= 0.6 is 0 Å². The molecule has 0 radical (unpaired) electrons. The Hall–Kier alpha value is -3.02. The van der Waals surface area contributed by atoms with Crippen LogP contribution in [0.2, 0.25) is 0 Å². The number of rotatable bonds is 7. The minimum Gasteiger partial charge on any atom is -0.494 e. The van der Waals surface area contributed by atoms with Gasteiger partial charge in [0.05, 0.1) is 6.61 Å². The normalized spacial score (nSPS) is 9.88. The average molecular weight is 328 g/mol. The van der Waals surface area contributed by atoms with Gasteiger partial charge < -0.3 is 9.47 Å². The molecule has 0 heterocycles. The molecule has 6 nitrogen and oxygen atoms in total. The first-order valence-electron chi connectivity index (χ1n) is 7.69. The zero-order chi connectivity index (χ0) is 17.2.